The SMILES string of the molecule is Cc1noc(C)c1CN1CCN(Cc2ccnc(C(F)(F)F)c2)CC1. The van der Waals surface area contributed by atoms with Gasteiger partial charge in [-0.1, -0.05) is 5.16 Å². The number of hydrogen-bond acceptors (Lipinski definition) is 5. The van der Waals surface area contributed by atoms with E-state index in [0.717, 1.165) is 55.8 Å². The number of pyridine rings is 1. The monoisotopic (exact) mass is 354 g/mol. The van der Waals surface area contributed by atoms with Gasteiger partial charge in [0, 0.05) is 51.0 Å². The summed E-state index contributed by atoms with van der Waals surface area (Å²) >= 11 is 0. The summed E-state index contributed by atoms with van der Waals surface area (Å²) < 4.78 is 43.4. The lowest BCUT2D eigenvalue weighted by molar-refractivity contribution is -0.141. The molecular weight excluding hydrogens is 333 g/mol. The van der Waals surface area contributed by atoms with E-state index in [-0.39, 0.29) is 0 Å². The van der Waals surface area contributed by atoms with Crippen LogP contribution >= 0.6 is 0 Å². The molecule has 5 nitrogen and oxygen atoms in total. The number of halogens is 3. The molecule has 0 N–H and O–H groups in total. The number of rotatable bonds is 4. The van der Waals surface area contributed by atoms with Gasteiger partial charge in [-0.2, -0.15) is 13.2 Å². The molecule has 2 aromatic rings. The number of aryl methyl sites for hydroxylation is 2. The number of nitrogens with zero attached hydrogens (tertiary/aromatic N) is 4. The van der Waals surface area contributed by atoms with E-state index in [0.29, 0.717) is 12.1 Å². The van der Waals surface area contributed by atoms with Crippen LogP contribution in [0.1, 0.15) is 28.3 Å². The van der Waals surface area contributed by atoms with Gasteiger partial charge < -0.3 is 4.52 Å². The van der Waals surface area contributed by atoms with E-state index >= 15 is 0 Å². The second-order valence-corrected chi connectivity index (χ2v) is 6.40. The molecule has 0 saturated carbocycles. The molecule has 3 rings (SSSR count). The Morgan fingerprint density at radius 1 is 1.08 bits per heavy atom. The Morgan fingerprint density at radius 2 is 1.72 bits per heavy atom. The van der Waals surface area contributed by atoms with Crippen LogP contribution in [0.15, 0.2) is 22.9 Å². The molecule has 1 aliphatic heterocycles. The van der Waals surface area contributed by atoms with Crippen molar-refractivity contribution in [1.29, 1.82) is 0 Å². The van der Waals surface area contributed by atoms with Crippen molar-refractivity contribution in [2.24, 2.45) is 0 Å². The van der Waals surface area contributed by atoms with Crippen molar-refractivity contribution < 1.29 is 17.7 Å². The highest BCUT2D eigenvalue weighted by Crippen LogP contribution is 2.28. The Morgan fingerprint density at radius 3 is 2.28 bits per heavy atom. The highest BCUT2D eigenvalue weighted by Gasteiger charge is 2.32. The summed E-state index contributed by atoms with van der Waals surface area (Å²) in [5.74, 6) is 0.844. The third-order valence-electron chi connectivity index (χ3n) is 4.55. The molecule has 0 aliphatic carbocycles. The first-order chi connectivity index (χ1) is 11.8. The summed E-state index contributed by atoms with van der Waals surface area (Å²) in [4.78, 5) is 7.89. The van der Waals surface area contributed by atoms with E-state index in [1.807, 2.05) is 13.8 Å². The second kappa shape index (κ2) is 7.13. The van der Waals surface area contributed by atoms with Crippen LogP contribution in [0.3, 0.4) is 0 Å². The molecule has 0 radical (unpaired) electrons. The Balaban J connectivity index is 1.55. The minimum atomic E-state index is -4.40. The van der Waals surface area contributed by atoms with Gasteiger partial charge in [0.15, 0.2) is 0 Å². The van der Waals surface area contributed by atoms with Crippen molar-refractivity contribution in [2.45, 2.75) is 33.1 Å². The van der Waals surface area contributed by atoms with E-state index in [1.165, 1.54) is 6.20 Å². The van der Waals surface area contributed by atoms with E-state index in [1.54, 1.807) is 6.07 Å². The Bertz CT molecular complexity index is 701. The van der Waals surface area contributed by atoms with Crippen molar-refractivity contribution >= 4 is 0 Å². The first kappa shape index (κ1) is 17.9. The third-order valence-corrected chi connectivity index (χ3v) is 4.55. The predicted octanol–water partition coefficient (Wildman–Crippen LogP) is 3.02. The predicted molar refractivity (Wildman–Crippen MR) is 85.8 cm³/mol. The van der Waals surface area contributed by atoms with E-state index in [9.17, 15) is 13.2 Å². The van der Waals surface area contributed by atoms with E-state index in [2.05, 4.69) is 19.9 Å². The zero-order chi connectivity index (χ0) is 18.0. The molecule has 1 aliphatic rings. The highest BCUT2D eigenvalue weighted by atomic mass is 19.4. The van der Waals surface area contributed by atoms with Gasteiger partial charge in [0.05, 0.1) is 5.69 Å². The van der Waals surface area contributed by atoms with Gasteiger partial charge in [-0.05, 0) is 31.5 Å². The number of alkyl halides is 3. The molecule has 0 aromatic carbocycles. The average Bonchev–Trinajstić information content (AvgIpc) is 2.88. The van der Waals surface area contributed by atoms with Crippen LogP contribution in [0.25, 0.3) is 0 Å². The zero-order valence-electron chi connectivity index (χ0n) is 14.3. The Kier molecular flexibility index (Phi) is 5.10. The molecule has 0 bridgehead atoms. The van der Waals surface area contributed by atoms with Gasteiger partial charge in [-0.15, -0.1) is 0 Å². The fourth-order valence-electron chi connectivity index (χ4n) is 3.04. The van der Waals surface area contributed by atoms with Crippen LogP contribution in [0, 0.1) is 13.8 Å². The lowest BCUT2D eigenvalue weighted by Gasteiger charge is -2.34. The molecule has 0 atom stereocenters. The standard InChI is InChI=1S/C17H21F3N4O/c1-12-15(13(2)25-22-12)11-24-7-5-23(6-8-24)10-14-3-4-21-16(9-14)17(18,19)20/h3-4,9H,5-8,10-11H2,1-2H3. The van der Waals surface area contributed by atoms with Crippen LogP contribution in [0.4, 0.5) is 13.2 Å². The number of aromatic nitrogens is 2. The van der Waals surface area contributed by atoms with Crippen molar-refractivity contribution in [3.63, 3.8) is 0 Å². The normalized spacial score (nSPS) is 17.2. The smallest absolute Gasteiger partial charge is 0.361 e. The van der Waals surface area contributed by atoms with Crippen LogP contribution in [-0.2, 0) is 19.3 Å². The van der Waals surface area contributed by atoms with Gasteiger partial charge in [0.25, 0.3) is 0 Å². The number of piperazine rings is 1. The molecular formula is C17H21F3N4O. The Hall–Kier alpha value is -1.93. The van der Waals surface area contributed by atoms with E-state index in [4.69, 9.17) is 4.52 Å². The summed E-state index contributed by atoms with van der Waals surface area (Å²) in [6.07, 6.45) is -3.17. The molecule has 0 amide bonds. The molecule has 2 aromatic heterocycles. The minimum absolute atomic E-state index is 0.505. The third kappa shape index (κ3) is 4.38. The summed E-state index contributed by atoms with van der Waals surface area (Å²) in [5.41, 5.74) is 1.84. The van der Waals surface area contributed by atoms with Crippen LogP contribution in [0.2, 0.25) is 0 Å². The summed E-state index contributed by atoms with van der Waals surface area (Å²) in [6.45, 7) is 8.49. The summed E-state index contributed by atoms with van der Waals surface area (Å²) in [7, 11) is 0. The molecule has 1 fully saturated rings. The molecule has 25 heavy (non-hydrogen) atoms. The summed E-state index contributed by atoms with van der Waals surface area (Å²) in [6, 6.07) is 2.78. The van der Waals surface area contributed by atoms with Crippen LogP contribution in [0.5, 0.6) is 0 Å². The lowest BCUT2D eigenvalue weighted by atomic mass is 10.1. The second-order valence-electron chi connectivity index (χ2n) is 6.40. The molecule has 1 saturated heterocycles. The van der Waals surface area contributed by atoms with Gasteiger partial charge in [0.1, 0.15) is 11.5 Å². The summed E-state index contributed by atoms with van der Waals surface area (Å²) in [5, 5.41) is 3.97. The molecule has 8 heteroatoms. The lowest BCUT2D eigenvalue weighted by Crippen LogP contribution is -2.45. The maximum Gasteiger partial charge on any atom is 0.433 e. The van der Waals surface area contributed by atoms with Crippen molar-refractivity contribution in [3.05, 3.63) is 46.6 Å². The van der Waals surface area contributed by atoms with Crippen molar-refractivity contribution in [1.82, 2.24) is 19.9 Å². The topological polar surface area (TPSA) is 45.4 Å². The van der Waals surface area contributed by atoms with Gasteiger partial charge >= 0.3 is 6.18 Å². The first-order valence-electron chi connectivity index (χ1n) is 8.21. The van der Waals surface area contributed by atoms with Gasteiger partial charge in [-0.3, -0.25) is 14.8 Å². The van der Waals surface area contributed by atoms with E-state index < -0.39 is 11.9 Å². The quantitative estimate of drug-likeness (QED) is 0.845. The zero-order valence-corrected chi connectivity index (χ0v) is 14.3. The fraction of sp³-hybridized carbons (Fsp3) is 0.529. The Labute approximate surface area is 144 Å². The first-order valence-corrected chi connectivity index (χ1v) is 8.21. The number of hydrogen-bond donors (Lipinski definition) is 0. The van der Waals surface area contributed by atoms with Gasteiger partial charge in [0.2, 0.25) is 0 Å². The molecule has 0 spiro atoms. The molecule has 0 unspecified atom stereocenters. The highest BCUT2D eigenvalue weighted by molar-refractivity contribution is 5.21. The van der Waals surface area contributed by atoms with Crippen LogP contribution < -0.4 is 0 Å². The largest absolute Gasteiger partial charge is 0.433 e. The average molecular weight is 354 g/mol. The maximum absolute atomic E-state index is 12.7. The minimum Gasteiger partial charge on any atom is -0.361 e. The fourth-order valence-corrected chi connectivity index (χ4v) is 3.04. The maximum atomic E-state index is 12.7. The van der Waals surface area contributed by atoms with Crippen molar-refractivity contribution in [3.8, 4) is 0 Å². The van der Waals surface area contributed by atoms with Gasteiger partial charge in [-0.25, -0.2) is 0 Å². The van der Waals surface area contributed by atoms with Crippen molar-refractivity contribution in [2.75, 3.05) is 26.2 Å². The molecule has 136 valence electrons. The van der Waals surface area contributed by atoms with Crippen LogP contribution in [-0.4, -0.2) is 46.1 Å². The molecule has 3 heterocycles.